The van der Waals surface area contributed by atoms with Crippen molar-refractivity contribution in [1.29, 1.82) is 0 Å². The van der Waals surface area contributed by atoms with Crippen molar-refractivity contribution in [2.24, 2.45) is 0 Å². The van der Waals surface area contributed by atoms with E-state index in [4.69, 9.17) is 0 Å². The summed E-state index contributed by atoms with van der Waals surface area (Å²) >= 11 is 0. The van der Waals surface area contributed by atoms with Crippen molar-refractivity contribution in [2.45, 2.75) is 32.4 Å². The van der Waals surface area contributed by atoms with Crippen LogP contribution in [-0.2, 0) is 4.79 Å². The number of carbonyl (C=O) groups excluding carboxylic acids is 1. The van der Waals surface area contributed by atoms with Gasteiger partial charge in [0.05, 0.1) is 6.33 Å². The maximum Gasteiger partial charge on any atom is 0.223 e. The van der Waals surface area contributed by atoms with E-state index >= 15 is 0 Å². The Labute approximate surface area is 132 Å². The molecule has 118 valence electrons. The Morgan fingerprint density at radius 1 is 1.27 bits per heavy atom. The third-order valence-corrected chi connectivity index (χ3v) is 3.71. The van der Waals surface area contributed by atoms with Gasteiger partial charge >= 0.3 is 0 Å². The second-order valence-electron chi connectivity index (χ2n) is 5.84. The minimum atomic E-state index is 0.137. The van der Waals surface area contributed by atoms with Crippen molar-refractivity contribution in [1.82, 2.24) is 19.8 Å². The number of hydrogen-bond donors (Lipinski definition) is 1. The van der Waals surface area contributed by atoms with E-state index in [2.05, 4.69) is 41.5 Å². The third-order valence-electron chi connectivity index (χ3n) is 3.71. The summed E-state index contributed by atoms with van der Waals surface area (Å²) < 4.78 is 1.97. The Bertz CT molecular complexity index is 590. The van der Waals surface area contributed by atoms with Gasteiger partial charge in [-0.3, -0.25) is 4.79 Å². The molecule has 0 aliphatic carbocycles. The van der Waals surface area contributed by atoms with Gasteiger partial charge in [-0.2, -0.15) is 0 Å². The predicted molar refractivity (Wildman–Crippen MR) is 87.9 cm³/mol. The molecule has 5 heteroatoms. The highest BCUT2D eigenvalue weighted by Gasteiger charge is 2.14. The average molecular weight is 300 g/mol. The van der Waals surface area contributed by atoms with Gasteiger partial charge in [0.25, 0.3) is 0 Å². The number of rotatable bonds is 6. The topological polar surface area (TPSA) is 50.2 Å². The van der Waals surface area contributed by atoms with Crippen LogP contribution in [0.5, 0.6) is 0 Å². The fourth-order valence-corrected chi connectivity index (χ4v) is 2.37. The summed E-state index contributed by atoms with van der Waals surface area (Å²) in [5.74, 6) is 0.141. The molecule has 0 unspecified atom stereocenters. The Morgan fingerprint density at radius 3 is 2.50 bits per heavy atom. The fourth-order valence-electron chi connectivity index (χ4n) is 2.37. The molecule has 2 rings (SSSR count). The smallest absolute Gasteiger partial charge is 0.223 e. The van der Waals surface area contributed by atoms with E-state index in [9.17, 15) is 4.79 Å². The maximum atomic E-state index is 11.7. The summed E-state index contributed by atoms with van der Waals surface area (Å²) in [6.45, 7) is 4.15. The molecule has 0 aliphatic heterocycles. The highest BCUT2D eigenvalue weighted by atomic mass is 16.2. The Kier molecular flexibility index (Phi) is 5.33. The molecule has 1 amide bonds. The molecule has 2 atom stereocenters. The lowest BCUT2D eigenvalue weighted by atomic mass is 10.1. The summed E-state index contributed by atoms with van der Waals surface area (Å²) in [6.07, 6.45) is 5.98. The number of amides is 1. The monoisotopic (exact) mass is 300 g/mol. The quantitative estimate of drug-likeness (QED) is 0.891. The van der Waals surface area contributed by atoms with Crippen LogP contribution in [0.2, 0.25) is 0 Å². The van der Waals surface area contributed by atoms with Gasteiger partial charge in [0.1, 0.15) is 0 Å². The van der Waals surface area contributed by atoms with Crippen molar-refractivity contribution in [3.05, 3.63) is 48.5 Å². The Balaban J connectivity index is 1.95. The Hall–Kier alpha value is -2.14. The van der Waals surface area contributed by atoms with Crippen LogP contribution in [0.25, 0.3) is 5.69 Å². The zero-order valence-electron chi connectivity index (χ0n) is 13.7. The second-order valence-corrected chi connectivity index (χ2v) is 5.84. The third kappa shape index (κ3) is 4.18. The zero-order chi connectivity index (χ0) is 16.1. The molecule has 2 aromatic rings. The van der Waals surface area contributed by atoms with Crippen LogP contribution in [-0.4, -0.2) is 40.5 Å². The van der Waals surface area contributed by atoms with Gasteiger partial charge < -0.3 is 14.8 Å². The van der Waals surface area contributed by atoms with Crippen LogP contribution in [0.3, 0.4) is 0 Å². The van der Waals surface area contributed by atoms with E-state index in [0.29, 0.717) is 6.42 Å². The van der Waals surface area contributed by atoms with Crippen LogP contribution < -0.4 is 5.32 Å². The normalized spacial score (nSPS) is 13.6. The number of hydrogen-bond acceptors (Lipinski definition) is 3. The van der Waals surface area contributed by atoms with E-state index in [-0.39, 0.29) is 18.0 Å². The summed E-state index contributed by atoms with van der Waals surface area (Å²) in [7, 11) is 3.57. The first kappa shape index (κ1) is 16.2. The lowest BCUT2D eigenvalue weighted by Crippen LogP contribution is -2.34. The number of nitrogens with zero attached hydrogens (tertiary/aromatic N) is 3. The summed E-state index contributed by atoms with van der Waals surface area (Å²) in [6, 6.07) is 8.69. The molecule has 0 aliphatic rings. The maximum absolute atomic E-state index is 11.7. The highest BCUT2D eigenvalue weighted by molar-refractivity contribution is 5.76. The van der Waals surface area contributed by atoms with Gasteiger partial charge in [0, 0.05) is 50.7 Å². The molecule has 1 aromatic heterocycles. The van der Waals surface area contributed by atoms with Crippen LogP contribution in [0.1, 0.15) is 31.9 Å². The number of benzene rings is 1. The van der Waals surface area contributed by atoms with Gasteiger partial charge in [-0.25, -0.2) is 4.98 Å². The van der Waals surface area contributed by atoms with E-state index < -0.39 is 0 Å². The van der Waals surface area contributed by atoms with Crippen molar-refractivity contribution < 1.29 is 4.79 Å². The first-order valence-electron chi connectivity index (χ1n) is 7.52. The minimum Gasteiger partial charge on any atom is -0.349 e. The molecule has 0 saturated heterocycles. The van der Waals surface area contributed by atoms with Gasteiger partial charge in [-0.15, -0.1) is 0 Å². The molecule has 1 aromatic carbocycles. The predicted octanol–water partition coefficient (Wildman–Crippen LogP) is 2.39. The van der Waals surface area contributed by atoms with Gasteiger partial charge in [-0.05, 0) is 31.5 Å². The van der Waals surface area contributed by atoms with Crippen LogP contribution in [0.15, 0.2) is 43.0 Å². The zero-order valence-corrected chi connectivity index (χ0v) is 13.7. The standard InChI is InChI=1S/C17H24N4O/c1-13(11-17(22)20(3)4)19-14(2)15-5-7-16(8-6-15)21-10-9-18-12-21/h5-10,12-14,19H,11H2,1-4H3/t13-,14-/m1/s1. The lowest BCUT2D eigenvalue weighted by Gasteiger charge is -2.21. The number of carbonyl (C=O) groups is 1. The molecule has 0 radical (unpaired) electrons. The van der Waals surface area contributed by atoms with Gasteiger partial charge in [-0.1, -0.05) is 12.1 Å². The largest absolute Gasteiger partial charge is 0.349 e. The highest BCUT2D eigenvalue weighted by Crippen LogP contribution is 2.16. The summed E-state index contributed by atoms with van der Waals surface area (Å²) in [5.41, 5.74) is 2.29. The van der Waals surface area contributed by atoms with E-state index in [1.165, 1.54) is 5.56 Å². The summed E-state index contributed by atoms with van der Waals surface area (Å²) in [4.78, 5) is 17.4. The second kappa shape index (κ2) is 7.22. The molecule has 0 bridgehead atoms. The first-order valence-corrected chi connectivity index (χ1v) is 7.52. The fraction of sp³-hybridized carbons (Fsp3) is 0.412. The van der Waals surface area contributed by atoms with Crippen molar-refractivity contribution in [3.8, 4) is 5.69 Å². The van der Waals surface area contributed by atoms with Gasteiger partial charge in [0.2, 0.25) is 5.91 Å². The number of imidazole rings is 1. The van der Waals surface area contributed by atoms with E-state index in [1.807, 2.05) is 17.7 Å². The average Bonchev–Trinajstić information content (AvgIpc) is 3.01. The molecular weight excluding hydrogens is 276 g/mol. The molecular formula is C17H24N4O. The lowest BCUT2D eigenvalue weighted by molar-refractivity contribution is -0.129. The van der Waals surface area contributed by atoms with E-state index in [0.717, 1.165) is 5.69 Å². The molecule has 0 spiro atoms. The Morgan fingerprint density at radius 2 is 1.95 bits per heavy atom. The SMILES string of the molecule is C[C@H](CC(=O)N(C)C)N[C@H](C)c1ccc(-n2ccnc2)cc1. The van der Waals surface area contributed by atoms with Crippen LogP contribution >= 0.6 is 0 Å². The molecule has 5 nitrogen and oxygen atoms in total. The van der Waals surface area contributed by atoms with Gasteiger partial charge in [0.15, 0.2) is 0 Å². The molecule has 1 N–H and O–H groups in total. The minimum absolute atomic E-state index is 0.137. The molecule has 0 saturated carbocycles. The van der Waals surface area contributed by atoms with Crippen LogP contribution in [0.4, 0.5) is 0 Å². The van der Waals surface area contributed by atoms with Crippen molar-refractivity contribution in [3.63, 3.8) is 0 Å². The summed E-state index contributed by atoms with van der Waals surface area (Å²) in [5, 5.41) is 3.47. The number of aromatic nitrogens is 2. The number of nitrogens with one attached hydrogen (secondary N) is 1. The van der Waals surface area contributed by atoms with E-state index in [1.54, 1.807) is 31.5 Å². The van der Waals surface area contributed by atoms with Crippen molar-refractivity contribution >= 4 is 5.91 Å². The molecule has 22 heavy (non-hydrogen) atoms. The van der Waals surface area contributed by atoms with Crippen molar-refractivity contribution in [2.75, 3.05) is 14.1 Å². The van der Waals surface area contributed by atoms with Crippen LogP contribution in [0, 0.1) is 0 Å². The molecule has 1 heterocycles. The first-order chi connectivity index (χ1) is 10.5. The molecule has 0 fully saturated rings.